The number of H-pyrrole nitrogens is 1. The van der Waals surface area contributed by atoms with Gasteiger partial charge < -0.3 is 5.11 Å². The molecule has 0 aromatic carbocycles. The molecule has 1 saturated heterocycles. The highest BCUT2D eigenvalue weighted by Gasteiger charge is 2.47. The molecule has 0 bridgehead atoms. The van der Waals surface area contributed by atoms with E-state index in [1.807, 2.05) is 0 Å². The molecule has 92 valence electrons. The molecule has 2 atom stereocenters. The lowest BCUT2D eigenvalue weighted by Gasteiger charge is -2.44. The van der Waals surface area contributed by atoms with Gasteiger partial charge in [0.15, 0.2) is 0 Å². The van der Waals surface area contributed by atoms with E-state index in [9.17, 15) is 14.7 Å². The summed E-state index contributed by atoms with van der Waals surface area (Å²) in [5.41, 5.74) is -1.36. The van der Waals surface area contributed by atoms with E-state index in [0.29, 0.717) is 17.7 Å². The van der Waals surface area contributed by atoms with Crippen LogP contribution < -0.4 is 11.2 Å². The normalized spacial score (nSPS) is 27.5. The van der Waals surface area contributed by atoms with E-state index in [2.05, 4.69) is 11.6 Å². The number of hydrogen-bond acceptors (Lipinski definition) is 4. The lowest BCUT2D eigenvalue weighted by Crippen LogP contribution is -2.51. The van der Waals surface area contributed by atoms with Crippen LogP contribution in [-0.2, 0) is 0 Å². The van der Waals surface area contributed by atoms with Crippen LogP contribution in [0.3, 0.4) is 0 Å². The van der Waals surface area contributed by atoms with Gasteiger partial charge in [-0.2, -0.15) is 0 Å². The minimum absolute atomic E-state index is 0.358. The highest BCUT2D eigenvalue weighted by Crippen LogP contribution is 2.48. The number of rotatable bonds is 3. The molecule has 1 aromatic rings. The second-order valence-corrected chi connectivity index (χ2v) is 5.31. The van der Waals surface area contributed by atoms with Crippen LogP contribution in [0.1, 0.15) is 17.4 Å². The first-order valence-corrected chi connectivity index (χ1v) is 6.30. The van der Waals surface area contributed by atoms with Crippen LogP contribution in [0, 0.1) is 6.92 Å². The second-order valence-electron chi connectivity index (χ2n) is 4.24. The molecular formula is C11H14N2O3S. The Bertz CT molecular complexity index is 563. The maximum Gasteiger partial charge on any atom is 0.329 e. The van der Waals surface area contributed by atoms with E-state index < -0.39 is 11.3 Å². The van der Waals surface area contributed by atoms with Gasteiger partial charge in [0.25, 0.3) is 5.56 Å². The minimum atomic E-state index is -0.944. The van der Waals surface area contributed by atoms with Crippen molar-refractivity contribution in [3.63, 3.8) is 0 Å². The molecule has 0 aliphatic carbocycles. The Morgan fingerprint density at radius 1 is 1.76 bits per heavy atom. The molecule has 1 aliphatic heterocycles. The fourth-order valence-corrected chi connectivity index (χ4v) is 3.09. The van der Waals surface area contributed by atoms with E-state index in [4.69, 9.17) is 0 Å². The highest BCUT2D eigenvalue weighted by atomic mass is 32.2. The summed E-state index contributed by atoms with van der Waals surface area (Å²) in [5, 5.41) is 9.91. The zero-order valence-corrected chi connectivity index (χ0v) is 10.3. The Balaban J connectivity index is 2.42. The molecule has 6 heteroatoms. The van der Waals surface area contributed by atoms with Gasteiger partial charge in [-0.3, -0.25) is 14.3 Å². The number of nitrogens with one attached hydrogen (secondary N) is 1. The van der Waals surface area contributed by atoms with Crippen LogP contribution in [-0.4, -0.2) is 26.0 Å². The van der Waals surface area contributed by atoms with Gasteiger partial charge in [0.05, 0.1) is 0 Å². The summed E-state index contributed by atoms with van der Waals surface area (Å²) < 4.78 is 1.38. The third-order valence-electron chi connectivity index (χ3n) is 2.85. The zero-order chi connectivity index (χ0) is 12.6. The molecule has 0 radical (unpaired) electrons. The SMILES string of the molecule is C=CC[C@@]1(O)CS[C@H]1n1cc(C)c(=O)[nH]c1=O. The molecule has 1 aromatic heterocycles. The summed E-state index contributed by atoms with van der Waals surface area (Å²) in [7, 11) is 0. The van der Waals surface area contributed by atoms with Crippen molar-refractivity contribution in [2.24, 2.45) is 0 Å². The lowest BCUT2D eigenvalue weighted by atomic mass is 10.0. The molecule has 0 amide bonds. The van der Waals surface area contributed by atoms with E-state index in [1.165, 1.54) is 22.5 Å². The number of nitrogens with zero attached hydrogens (tertiary/aromatic N) is 1. The maximum atomic E-state index is 11.7. The van der Waals surface area contributed by atoms with Crippen molar-refractivity contribution in [1.82, 2.24) is 9.55 Å². The number of aromatic nitrogens is 2. The molecule has 0 unspecified atom stereocenters. The van der Waals surface area contributed by atoms with Crippen LogP contribution in [0.25, 0.3) is 0 Å². The quantitative estimate of drug-likeness (QED) is 0.766. The van der Waals surface area contributed by atoms with Crippen molar-refractivity contribution in [2.75, 3.05) is 5.75 Å². The lowest BCUT2D eigenvalue weighted by molar-refractivity contribution is 0.0282. The van der Waals surface area contributed by atoms with Gasteiger partial charge in [-0.15, -0.1) is 18.3 Å². The molecule has 0 spiro atoms. The van der Waals surface area contributed by atoms with Crippen LogP contribution in [0.2, 0.25) is 0 Å². The van der Waals surface area contributed by atoms with Gasteiger partial charge in [0.1, 0.15) is 11.0 Å². The maximum absolute atomic E-state index is 11.7. The number of aromatic amines is 1. The first kappa shape index (κ1) is 12.2. The summed E-state index contributed by atoms with van der Waals surface area (Å²) in [6.45, 7) is 5.23. The highest BCUT2D eigenvalue weighted by molar-refractivity contribution is 8.00. The molecule has 2 N–H and O–H groups in total. The van der Waals surface area contributed by atoms with Gasteiger partial charge in [0.2, 0.25) is 0 Å². The van der Waals surface area contributed by atoms with Crippen LogP contribution in [0.15, 0.2) is 28.4 Å². The number of hydrogen-bond donors (Lipinski definition) is 2. The van der Waals surface area contributed by atoms with Crippen molar-refractivity contribution in [2.45, 2.75) is 24.3 Å². The summed E-state index contributed by atoms with van der Waals surface area (Å²) >= 11 is 1.48. The van der Waals surface area contributed by atoms with Crippen molar-refractivity contribution in [3.8, 4) is 0 Å². The number of aryl methyl sites for hydroxylation is 1. The summed E-state index contributed by atoms with van der Waals surface area (Å²) in [6.07, 6.45) is 3.55. The molecule has 5 nitrogen and oxygen atoms in total. The Labute approximate surface area is 102 Å². The third-order valence-corrected chi connectivity index (χ3v) is 4.50. The summed E-state index contributed by atoms with van der Waals surface area (Å²) in [6, 6.07) is 0. The minimum Gasteiger partial charge on any atom is -0.386 e. The first-order valence-electron chi connectivity index (χ1n) is 5.25. The van der Waals surface area contributed by atoms with Crippen LogP contribution in [0.5, 0.6) is 0 Å². The van der Waals surface area contributed by atoms with Crippen molar-refractivity contribution < 1.29 is 5.11 Å². The Kier molecular flexibility index (Phi) is 3.01. The second kappa shape index (κ2) is 4.19. The van der Waals surface area contributed by atoms with Gasteiger partial charge >= 0.3 is 5.69 Å². The largest absolute Gasteiger partial charge is 0.386 e. The van der Waals surface area contributed by atoms with Gasteiger partial charge in [-0.25, -0.2) is 4.79 Å². The standard InChI is InChI=1S/C11H14N2O3S/c1-3-4-11(16)6-17-9(11)13-5-7(2)8(14)12-10(13)15/h3,5,9,16H,1,4,6H2,2H3,(H,12,14,15)/t9-,11-/m1/s1. The predicted molar refractivity (Wildman–Crippen MR) is 67.3 cm³/mol. The summed E-state index contributed by atoms with van der Waals surface area (Å²) in [5.74, 6) is 0.564. The van der Waals surface area contributed by atoms with E-state index in [0.717, 1.165) is 0 Å². The van der Waals surface area contributed by atoms with Gasteiger partial charge in [-0.05, 0) is 13.3 Å². The molecular weight excluding hydrogens is 240 g/mol. The number of thioether (sulfide) groups is 1. The van der Waals surface area contributed by atoms with Crippen LogP contribution >= 0.6 is 11.8 Å². The Morgan fingerprint density at radius 2 is 2.47 bits per heavy atom. The fraction of sp³-hybridized carbons (Fsp3) is 0.455. The van der Waals surface area contributed by atoms with Crippen LogP contribution in [0.4, 0.5) is 0 Å². The monoisotopic (exact) mass is 254 g/mol. The van der Waals surface area contributed by atoms with Gasteiger partial charge in [-0.1, -0.05) is 6.08 Å². The van der Waals surface area contributed by atoms with Crippen molar-refractivity contribution >= 4 is 11.8 Å². The topological polar surface area (TPSA) is 75.1 Å². The van der Waals surface area contributed by atoms with Gasteiger partial charge in [0, 0.05) is 17.5 Å². The molecule has 2 rings (SSSR count). The molecule has 1 aliphatic rings. The average molecular weight is 254 g/mol. The Morgan fingerprint density at radius 3 is 3.00 bits per heavy atom. The van der Waals surface area contributed by atoms with E-state index in [-0.39, 0.29) is 10.9 Å². The molecule has 0 saturated carbocycles. The fourth-order valence-electron chi connectivity index (χ4n) is 1.86. The molecule has 1 fully saturated rings. The van der Waals surface area contributed by atoms with E-state index >= 15 is 0 Å². The Hall–Kier alpha value is -1.27. The van der Waals surface area contributed by atoms with Crippen molar-refractivity contribution in [3.05, 3.63) is 45.3 Å². The molecule has 17 heavy (non-hydrogen) atoms. The number of aliphatic hydroxyl groups is 1. The zero-order valence-electron chi connectivity index (χ0n) is 9.47. The van der Waals surface area contributed by atoms with Crippen molar-refractivity contribution in [1.29, 1.82) is 0 Å². The van der Waals surface area contributed by atoms with E-state index in [1.54, 1.807) is 13.0 Å². The summed E-state index contributed by atoms with van der Waals surface area (Å²) in [4.78, 5) is 25.2. The predicted octanol–water partition coefficient (Wildman–Crippen LogP) is 0.398. The smallest absolute Gasteiger partial charge is 0.329 e. The average Bonchev–Trinajstić information content (AvgIpc) is 2.25. The molecule has 2 heterocycles. The first-order chi connectivity index (χ1) is 7.98. The third kappa shape index (κ3) is 1.98.